The van der Waals surface area contributed by atoms with Gasteiger partial charge in [0.2, 0.25) is 0 Å². The number of ether oxygens (including phenoxy) is 1. The van der Waals surface area contributed by atoms with Crippen LogP contribution >= 0.6 is 11.3 Å². The predicted octanol–water partition coefficient (Wildman–Crippen LogP) is 3.74. The van der Waals surface area contributed by atoms with Crippen molar-refractivity contribution in [3.8, 4) is 0 Å². The van der Waals surface area contributed by atoms with E-state index in [4.69, 9.17) is 4.74 Å². The zero-order valence-electron chi connectivity index (χ0n) is 16.4. The van der Waals surface area contributed by atoms with Crippen molar-refractivity contribution >= 4 is 28.4 Å². The third-order valence-electron chi connectivity index (χ3n) is 5.32. The van der Waals surface area contributed by atoms with Gasteiger partial charge in [-0.15, -0.1) is 11.3 Å². The molecule has 148 valence electrons. The quantitative estimate of drug-likeness (QED) is 0.707. The molecule has 4 rings (SSSR count). The number of aromatic nitrogens is 4. The molecule has 1 unspecified atom stereocenters. The number of amides is 1. The fraction of sp³-hybridized carbons (Fsp3) is 0.500. The van der Waals surface area contributed by atoms with Gasteiger partial charge >= 0.3 is 0 Å². The molecule has 0 spiro atoms. The molecule has 1 N–H and O–H groups in total. The van der Waals surface area contributed by atoms with Crippen molar-refractivity contribution in [3.05, 3.63) is 39.7 Å². The van der Waals surface area contributed by atoms with Crippen LogP contribution in [0.15, 0.2) is 18.6 Å². The zero-order valence-corrected chi connectivity index (χ0v) is 17.3. The van der Waals surface area contributed by atoms with E-state index in [2.05, 4.69) is 31.8 Å². The Morgan fingerprint density at radius 2 is 2.14 bits per heavy atom. The standard InChI is InChI=1S/C20H25N5O2S/c1-4-16(20-23-12(2)13(3)28-20)24-19(26)14-9-17-18(21-10-14)25(11-22-17)15-5-7-27-8-6-15/h9-11,15-16H,4-8H2,1-3H3,(H,24,26). The van der Waals surface area contributed by atoms with Crippen molar-refractivity contribution in [3.63, 3.8) is 0 Å². The minimum absolute atomic E-state index is 0.0969. The maximum atomic E-state index is 12.8. The second-order valence-corrected chi connectivity index (χ2v) is 8.42. The Labute approximate surface area is 168 Å². The lowest BCUT2D eigenvalue weighted by molar-refractivity contribution is 0.0704. The molecule has 1 saturated heterocycles. The molecule has 0 saturated carbocycles. The van der Waals surface area contributed by atoms with E-state index >= 15 is 0 Å². The van der Waals surface area contributed by atoms with Gasteiger partial charge in [-0.2, -0.15) is 0 Å². The summed E-state index contributed by atoms with van der Waals surface area (Å²) in [6.07, 6.45) is 6.16. The van der Waals surface area contributed by atoms with Gasteiger partial charge in [-0.05, 0) is 39.2 Å². The van der Waals surface area contributed by atoms with E-state index in [1.807, 2.05) is 26.2 Å². The lowest BCUT2D eigenvalue weighted by Gasteiger charge is -2.23. The van der Waals surface area contributed by atoms with Gasteiger partial charge in [0, 0.05) is 30.3 Å². The predicted molar refractivity (Wildman–Crippen MR) is 109 cm³/mol. The first kappa shape index (κ1) is 19.0. The molecule has 1 atom stereocenters. The van der Waals surface area contributed by atoms with Crippen molar-refractivity contribution in [2.75, 3.05) is 13.2 Å². The number of nitrogens with zero attached hydrogens (tertiary/aromatic N) is 4. The maximum Gasteiger partial charge on any atom is 0.253 e. The summed E-state index contributed by atoms with van der Waals surface area (Å²) < 4.78 is 7.55. The largest absolute Gasteiger partial charge is 0.381 e. The summed E-state index contributed by atoms with van der Waals surface area (Å²) in [5.41, 5.74) is 3.11. The Balaban J connectivity index is 1.54. The molecule has 8 heteroatoms. The number of rotatable bonds is 5. The van der Waals surface area contributed by atoms with Gasteiger partial charge < -0.3 is 14.6 Å². The van der Waals surface area contributed by atoms with E-state index < -0.39 is 0 Å². The number of aryl methyl sites for hydroxylation is 2. The van der Waals surface area contributed by atoms with Gasteiger partial charge in [-0.3, -0.25) is 4.79 Å². The van der Waals surface area contributed by atoms with E-state index in [1.165, 1.54) is 4.88 Å². The van der Waals surface area contributed by atoms with Crippen LogP contribution in [0.2, 0.25) is 0 Å². The van der Waals surface area contributed by atoms with Gasteiger partial charge in [-0.25, -0.2) is 15.0 Å². The molecule has 3 aromatic rings. The molecular formula is C20H25N5O2S. The Morgan fingerprint density at radius 1 is 1.36 bits per heavy atom. The van der Waals surface area contributed by atoms with Gasteiger partial charge in [0.1, 0.15) is 10.5 Å². The highest BCUT2D eigenvalue weighted by Gasteiger charge is 2.21. The van der Waals surface area contributed by atoms with E-state index in [9.17, 15) is 4.79 Å². The van der Waals surface area contributed by atoms with Gasteiger partial charge in [0.05, 0.1) is 23.6 Å². The monoisotopic (exact) mass is 399 g/mol. The van der Waals surface area contributed by atoms with Gasteiger partial charge in [0.15, 0.2) is 5.65 Å². The number of hydrogen-bond acceptors (Lipinski definition) is 6. The van der Waals surface area contributed by atoms with E-state index in [1.54, 1.807) is 17.5 Å². The molecule has 0 bridgehead atoms. The van der Waals surface area contributed by atoms with Gasteiger partial charge in [-0.1, -0.05) is 6.92 Å². The fourth-order valence-electron chi connectivity index (χ4n) is 3.50. The summed E-state index contributed by atoms with van der Waals surface area (Å²) in [5.74, 6) is -0.146. The first-order chi connectivity index (χ1) is 13.6. The SMILES string of the molecule is CCC(NC(=O)c1cnc2c(c1)ncn2C1CCOCC1)c1nc(C)c(C)s1. The molecule has 1 aliphatic heterocycles. The Hall–Kier alpha value is -2.32. The number of pyridine rings is 1. The van der Waals surface area contributed by atoms with Crippen molar-refractivity contribution < 1.29 is 9.53 Å². The number of carbonyl (C=O) groups excluding carboxylic acids is 1. The normalized spacial score (nSPS) is 16.4. The van der Waals surface area contributed by atoms with E-state index in [-0.39, 0.29) is 11.9 Å². The van der Waals surface area contributed by atoms with Crippen LogP contribution in [-0.4, -0.2) is 38.6 Å². The zero-order chi connectivity index (χ0) is 19.7. The maximum absolute atomic E-state index is 12.8. The number of hydrogen-bond donors (Lipinski definition) is 1. The van der Waals surface area contributed by atoms with Crippen LogP contribution in [-0.2, 0) is 4.74 Å². The highest BCUT2D eigenvalue weighted by Crippen LogP contribution is 2.26. The summed E-state index contributed by atoms with van der Waals surface area (Å²) in [6, 6.07) is 2.07. The van der Waals surface area contributed by atoms with Crippen LogP contribution in [0.5, 0.6) is 0 Å². The minimum Gasteiger partial charge on any atom is -0.381 e. The number of nitrogens with one attached hydrogen (secondary N) is 1. The van der Waals surface area contributed by atoms with Crippen LogP contribution in [0.4, 0.5) is 0 Å². The molecule has 0 radical (unpaired) electrons. The first-order valence-corrected chi connectivity index (χ1v) is 10.5. The van der Waals surface area contributed by atoms with Gasteiger partial charge in [0.25, 0.3) is 5.91 Å². The highest BCUT2D eigenvalue weighted by atomic mass is 32.1. The van der Waals surface area contributed by atoms with Crippen LogP contribution in [0.25, 0.3) is 11.2 Å². The minimum atomic E-state index is -0.146. The van der Waals surface area contributed by atoms with Crippen LogP contribution < -0.4 is 5.32 Å². The Bertz CT molecular complexity index is 970. The number of fused-ring (bicyclic) bond motifs is 1. The van der Waals surface area contributed by atoms with Crippen molar-refractivity contribution in [1.82, 2.24) is 24.8 Å². The summed E-state index contributed by atoms with van der Waals surface area (Å²) in [7, 11) is 0. The number of imidazole rings is 1. The van der Waals surface area contributed by atoms with Crippen LogP contribution in [0, 0.1) is 13.8 Å². The smallest absolute Gasteiger partial charge is 0.253 e. The first-order valence-electron chi connectivity index (χ1n) is 9.72. The average Bonchev–Trinajstić information content (AvgIpc) is 3.29. The van der Waals surface area contributed by atoms with Crippen LogP contribution in [0.3, 0.4) is 0 Å². The molecule has 0 aromatic carbocycles. The highest BCUT2D eigenvalue weighted by molar-refractivity contribution is 7.11. The van der Waals surface area contributed by atoms with Crippen molar-refractivity contribution in [1.29, 1.82) is 0 Å². The molecule has 1 amide bonds. The molecule has 1 aliphatic rings. The average molecular weight is 400 g/mol. The second kappa shape index (κ2) is 7.97. The number of carbonyl (C=O) groups is 1. The molecule has 3 aromatic heterocycles. The molecule has 1 fully saturated rings. The summed E-state index contributed by atoms with van der Waals surface area (Å²) >= 11 is 1.64. The number of thiazole rings is 1. The summed E-state index contributed by atoms with van der Waals surface area (Å²) in [5, 5.41) is 4.04. The molecule has 7 nitrogen and oxygen atoms in total. The van der Waals surface area contributed by atoms with Crippen molar-refractivity contribution in [2.45, 2.75) is 52.1 Å². The topological polar surface area (TPSA) is 81.9 Å². The van der Waals surface area contributed by atoms with Crippen LogP contribution in [0.1, 0.15) is 64.2 Å². The fourth-order valence-corrected chi connectivity index (χ4v) is 4.56. The van der Waals surface area contributed by atoms with Crippen molar-refractivity contribution in [2.24, 2.45) is 0 Å². The third-order valence-corrected chi connectivity index (χ3v) is 6.50. The lowest BCUT2D eigenvalue weighted by atomic mass is 10.1. The second-order valence-electron chi connectivity index (χ2n) is 7.19. The van der Waals surface area contributed by atoms with E-state index in [0.29, 0.717) is 11.6 Å². The molecule has 0 aliphatic carbocycles. The Kier molecular flexibility index (Phi) is 5.41. The van der Waals surface area contributed by atoms with E-state index in [0.717, 1.165) is 54.3 Å². The summed E-state index contributed by atoms with van der Waals surface area (Å²) in [4.78, 5) is 27.6. The molecule has 28 heavy (non-hydrogen) atoms. The summed E-state index contributed by atoms with van der Waals surface area (Å²) in [6.45, 7) is 7.63. The lowest BCUT2D eigenvalue weighted by Crippen LogP contribution is -2.28. The Morgan fingerprint density at radius 3 is 2.82 bits per heavy atom. The third kappa shape index (κ3) is 3.66. The molecule has 4 heterocycles. The molecular weight excluding hydrogens is 374 g/mol.